The third-order valence-electron chi connectivity index (χ3n) is 8.67. The van der Waals surface area contributed by atoms with Gasteiger partial charge in [0.25, 0.3) is 5.91 Å². The van der Waals surface area contributed by atoms with Gasteiger partial charge in [0, 0.05) is 43.3 Å². The quantitative estimate of drug-likeness (QED) is 0.259. The second-order valence-electron chi connectivity index (χ2n) is 11.8. The first-order valence-corrected chi connectivity index (χ1v) is 14.9. The van der Waals surface area contributed by atoms with Gasteiger partial charge in [-0.25, -0.2) is 4.98 Å². The molecule has 0 radical (unpaired) electrons. The first kappa shape index (κ1) is 27.2. The van der Waals surface area contributed by atoms with Crippen molar-refractivity contribution in [3.8, 4) is 0 Å². The standard InChI is InChI=1S/C34H40N6O/c1-23(25-14-18-28(19-15-25)40-22-26-8-4-5-9-29(26)33(40)41)20-35-21-24-12-16-27(17-13-24)36-34-37-31-11-7-6-10-30(31)32(38-34)39(2)3/h4-11,14-15,18-19,23-24,27,35H,12-13,16-17,20-22H2,1-3H3,(H,36,37,38)/t23?,24-,27+. The van der Waals surface area contributed by atoms with Crippen molar-refractivity contribution in [2.24, 2.45) is 5.92 Å². The molecule has 4 aromatic rings. The van der Waals surface area contributed by atoms with Crippen LogP contribution in [0.25, 0.3) is 10.9 Å². The fraction of sp³-hybridized carbons (Fsp3) is 0.382. The van der Waals surface area contributed by atoms with E-state index in [9.17, 15) is 4.79 Å². The van der Waals surface area contributed by atoms with Gasteiger partial charge >= 0.3 is 0 Å². The number of nitrogens with one attached hydrogen (secondary N) is 2. The van der Waals surface area contributed by atoms with E-state index in [1.54, 1.807) is 0 Å². The van der Waals surface area contributed by atoms with Crippen LogP contribution in [0.1, 0.15) is 60.0 Å². The molecule has 1 aromatic heterocycles. The Balaban J connectivity index is 0.959. The number of hydrogen-bond donors (Lipinski definition) is 2. The summed E-state index contributed by atoms with van der Waals surface area (Å²) < 4.78 is 0. The van der Waals surface area contributed by atoms with Crippen LogP contribution in [0, 0.1) is 5.92 Å². The summed E-state index contributed by atoms with van der Waals surface area (Å²) in [4.78, 5) is 26.3. The van der Waals surface area contributed by atoms with Crippen LogP contribution in [0.2, 0.25) is 0 Å². The average molecular weight is 549 g/mol. The van der Waals surface area contributed by atoms with Crippen molar-refractivity contribution >= 4 is 34.3 Å². The topological polar surface area (TPSA) is 73.4 Å². The van der Waals surface area contributed by atoms with Crippen LogP contribution in [0.15, 0.2) is 72.8 Å². The number of benzene rings is 3. The van der Waals surface area contributed by atoms with Gasteiger partial charge in [0.05, 0.1) is 12.1 Å². The summed E-state index contributed by atoms with van der Waals surface area (Å²) in [5, 5.41) is 8.43. The molecule has 1 aliphatic heterocycles. The second kappa shape index (κ2) is 11.9. The van der Waals surface area contributed by atoms with Crippen LogP contribution in [-0.4, -0.2) is 49.1 Å². The molecule has 1 fully saturated rings. The summed E-state index contributed by atoms with van der Waals surface area (Å²) in [6.45, 7) is 4.91. The lowest BCUT2D eigenvalue weighted by molar-refractivity contribution is 0.0996. The highest BCUT2D eigenvalue weighted by Crippen LogP contribution is 2.30. The van der Waals surface area contributed by atoms with Crippen molar-refractivity contribution in [2.75, 3.05) is 42.3 Å². The summed E-state index contributed by atoms with van der Waals surface area (Å²) in [6.07, 6.45) is 4.67. The van der Waals surface area contributed by atoms with Crippen LogP contribution in [-0.2, 0) is 6.54 Å². The van der Waals surface area contributed by atoms with Crippen LogP contribution >= 0.6 is 0 Å². The molecule has 41 heavy (non-hydrogen) atoms. The molecule has 2 heterocycles. The molecular weight excluding hydrogens is 508 g/mol. The molecule has 0 bridgehead atoms. The highest BCUT2D eigenvalue weighted by molar-refractivity contribution is 6.10. The van der Waals surface area contributed by atoms with E-state index in [2.05, 4.69) is 58.9 Å². The molecular formula is C34H40N6O. The van der Waals surface area contributed by atoms with Gasteiger partial charge < -0.3 is 20.4 Å². The Hall–Kier alpha value is -3.97. The maximum absolute atomic E-state index is 12.8. The fourth-order valence-electron chi connectivity index (χ4n) is 6.23. The SMILES string of the molecule is CC(CNC[C@H]1CC[C@@H](Nc2nc(N(C)C)c3ccccc3n2)CC1)c1ccc(N2Cc3ccccc3C2=O)cc1. The van der Waals surface area contributed by atoms with Crippen LogP contribution in [0.5, 0.6) is 0 Å². The summed E-state index contributed by atoms with van der Waals surface area (Å²) >= 11 is 0. The molecule has 1 atom stereocenters. The number of carbonyl (C=O) groups excluding carboxylic acids is 1. The highest BCUT2D eigenvalue weighted by Gasteiger charge is 2.28. The van der Waals surface area contributed by atoms with Gasteiger partial charge in [-0.3, -0.25) is 4.79 Å². The Morgan fingerprint density at radius 1 is 0.927 bits per heavy atom. The maximum atomic E-state index is 12.8. The monoisotopic (exact) mass is 548 g/mol. The number of fused-ring (bicyclic) bond motifs is 2. The van der Waals surface area contributed by atoms with Gasteiger partial charge in [-0.15, -0.1) is 0 Å². The molecule has 1 unspecified atom stereocenters. The Morgan fingerprint density at radius 2 is 1.66 bits per heavy atom. The van der Waals surface area contributed by atoms with Gasteiger partial charge in [-0.2, -0.15) is 4.98 Å². The summed E-state index contributed by atoms with van der Waals surface area (Å²) in [5.74, 6) is 2.88. The zero-order chi connectivity index (χ0) is 28.3. The minimum absolute atomic E-state index is 0.0936. The van der Waals surface area contributed by atoms with Crippen LogP contribution < -0.4 is 20.4 Å². The zero-order valence-electron chi connectivity index (χ0n) is 24.3. The minimum atomic E-state index is 0.0936. The van der Waals surface area contributed by atoms with Crippen molar-refractivity contribution in [1.29, 1.82) is 0 Å². The van der Waals surface area contributed by atoms with E-state index in [4.69, 9.17) is 9.97 Å². The van der Waals surface area contributed by atoms with Gasteiger partial charge in [0.2, 0.25) is 5.95 Å². The largest absolute Gasteiger partial charge is 0.362 e. The molecule has 2 aliphatic rings. The molecule has 1 amide bonds. The van der Waals surface area contributed by atoms with E-state index >= 15 is 0 Å². The number of para-hydroxylation sites is 1. The average Bonchev–Trinajstić information content (AvgIpc) is 3.34. The summed E-state index contributed by atoms with van der Waals surface area (Å²) in [7, 11) is 4.06. The van der Waals surface area contributed by atoms with Crippen molar-refractivity contribution in [3.05, 3.63) is 89.5 Å². The maximum Gasteiger partial charge on any atom is 0.258 e. The smallest absolute Gasteiger partial charge is 0.258 e. The van der Waals surface area contributed by atoms with Crippen molar-refractivity contribution in [2.45, 2.75) is 51.1 Å². The molecule has 1 saturated carbocycles. The van der Waals surface area contributed by atoms with E-state index in [0.29, 0.717) is 24.4 Å². The van der Waals surface area contributed by atoms with E-state index in [0.717, 1.165) is 65.4 Å². The Kier molecular flexibility index (Phi) is 7.88. The predicted octanol–water partition coefficient (Wildman–Crippen LogP) is 6.22. The molecule has 3 aromatic carbocycles. The number of anilines is 3. The molecule has 7 nitrogen and oxygen atoms in total. The predicted molar refractivity (Wildman–Crippen MR) is 168 cm³/mol. The first-order chi connectivity index (χ1) is 20.0. The van der Waals surface area contributed by atoms with Gasteiger partial charge in [-0.05, 0) is 85.5 Å². The number of hydrogen-bond acceptors (Lipinski definition) is 6. The van der Waals surface area contributed by atoms with E-state index in [-0.39, 0.29) is 5.91 Å². The number of amides is 1. The van der Waals surface area contributed by atoms with Crippen molar-refractivity contribution < 1.29 is 4.79 Å². The molecule has 212 valence electrons. The van der Waals surface area contributed by atoms with Crippen molar-refractivity contribution in [3.63, 3.8) is 0 Å². The number of aromatic nitrogens is 2. The second-order valence-corrected chi connectivity index (χ2v) is 11.8. The Bertz CT molecular complexity index is 1510. The zero-order valence-corrected chi connectivity index (χ0v) is 24.3. The molecule has 6 rings (SSSR count). The minimum Gasteiger partial charge on any atom is -0.362 e. The Labute approximate surface area is 243 Å². The van der Waals surface area contributed by atoms with E-state index in [1.807, 2.05) is 55.4 Å². The third-order valence-corrected chi connectivity index (χ3v) is 8.67. The summed E-state index contributed by atoms with van der Waals surface area (Å²) in [5.41, 5.74) is 5.16. The fourth-order valence-corrected chi connectivity index (χ4v) is 6.23. The summed E-state index contributed by atoms with van der Waals surface area (Å²) in [6, 6.07) is 25.0. The lowest BCUT2D eigenvalue weighted by Crippen LogP contribution is -2.33. The third kappa shape index (κ3) is 5.91. The number of rotatable bonds is 9. The lowest BCUT2D eigenvalue weighted by atomic mass is 9.86. The highest BCUT2D eigenvalue weighted by atomic mass is 16.2. The molecule has 7 heteroatoms. The van der Waals surface area contributed by atoms with Crippen LogP contribution in [0.3, 0.4) is 0 Å². The molecule has 1 aliphatic carbocycles. The lowest BCUT2D eigenvalue weighted by Gasteiger charge is -2.30. The Morgan fingerprint density at radius 3 is 2.41 bits per heavy atom. The first-order valence-electron chi connectivity index (χ1n) is 14.9. The van der Waals surface area contributed by atoms with E-state index < -0.39 is 0 Å². The molecule has 0 spiro atoms. The van der Waals surface area contributed by atoms with E-state index in [1.165, 1.54) is 18.4 Å². The van der Waals surface area contributed by atoms with Crippen molar-refractivity contribution in [1.82, 2.24) is 15.3 Å². The van der Waals surface area contributed by atoms with Gasteiger partial charge in [-0.1, -0.05) is 49.4 Å². The number of carbonyl (C=O) groups is 1. The molecule has 0 saturated heterocycles. The van der Waals surface area contributed by atoms with Crippen LogP contribution in [0.4, 0.5) is 17.5 Å². The van der Waals surface area contributed by atoms with Gasteiger partial charge in [0.1, 0.15) is 5.82 Å². The normalized spacial score (nSPS) is 19.3. The number of nitrogens with zero attached hydrogens (tertiary/aromatic N) is 4. The molecule has 2 N–H and O–H groups in total. The van der Waals surface area contributed by atoms with Gasteiger partial charge in [0.15, 0.2) is 0 Å².